The number of hydrogen-bond donors (Lipinski definition) is 0. The number of halogens is 6. The van der Waals surface area contributed by atoms with E-state index in [-0.39, 0.29) is 40.9 Å². The Labute approximate surface area is 229 Å². The van der Waals surface area contributed by atoms with Gasteiger partial charge in [-0.25, -0.2) is 22.4 Å². The van der Waals surface area contributed by atoms with E-state index in [1.165, 1.54) is 19.1 Å². The van der Waals surface area contributed by atoms with Crippen LogP contribution in [0, 0.1) is 41.8 Å². The van der Waals surface area contributed by atoms with Crippen molar-refractivity contribution in [2.75, 3.05) is 6.61 Å². The summed E-state index contributed by atoms with van der Waals surface area (Å²) < 4.78 is 97.3. The zero-order valence-corrected chi connectivity index (χ0v) is 22.3. The van der Waals surface area contributed by atoms with Crippen LogP contribution in [-0.4, -0.2) is 12.6 Å². The Morgan fingerprint density at radius 2 is 1.25 bits per heavy atom. The normalized spacial score (nSPS) is 17.1. The van der Waals surface area contributed by atoms with Crippen LogP contribution in [0.1, 0.15) is 90.8 Å². The number of esters is 1. The lowest BCUT2D eigenvalue weighted by atomic mass is 9.75. The second-order valence-electron chi connectivity index (χ2n) is 10.1. The molecule has 0 aliphatic heterocycles. The Bertz CT molecular complexity index is 1380. The van der Waals surface area contributed by atoms with Crippen LogP contribution in [0.25, 0.3) is 0 Å². The first-order chi connectivity index (χ1) is 19.1. The highest BCUT2D eigenvalue weighted by molar-refractivity contribution is 5.91. The Morgan fingerprint density at radius 1 is 0.700 bits per heavy atom. The quantitative estimate of drug-likeness (QED) is 0.113. The van der Waals surface area contributed by atoms with Gasteiger partial charge in [0, 0.05) is 0 Å². The van der Waals surface area contributed by atoms with Crippen LogP contribution in [0.5, 0.6) is 11.5 Å². The van der Waals surface area contributed by atoms with E-state index in [4.69, 9.17) is 9.47 Å². The smallest absolute Gasteiger partial charge is 0.346 e. The lowest BCUT2D eigenvalue weighted by Gasteiger charge is -2.29. The van der Waals surface area contributed by atoms with E-state index in [0.29, 0.717) is 32.1 Å². The van der Waals surface area contributed by atoms with Crippen molar-refractivity contribution >= 4 is 5.97 Å². The Balaban J connectivity index is 1.43. The molecular weight excluding hydrogens is 534 g/mol. The first-order valence-corrected chi connectivity index (χ1v) is 13.4. The highest BCUT2D eigenvalue weighted by atomic mass is 19.2. The van der Waals surface area contributed by atoms with Gasteiger partial charge in [0.25, 0.3) is 0 Å². The van der Waals surface area contributed by atoms with E-state index in [1.54, 1.807) is 6.07 Å². The number of rotatable bonds is 9. The number of benzene rings is 3. The summed E-state index contributed by atoms with van der Waals surface area (Å²) in [6, 6.07) is 7.46. The maximum atomic E-state index is 15.0. The van der Waals surface area contributed by atoms with Crippen molar-refractivity contribution in [3.8, 4) is 11.5 Å². The van der Waals surface area contributed by atoms with Crippen molar-refractivity contribution in [2.45, 2.75) is 70.6 Å². The van der Waals surface area contributed by atoms with Gasteiger partial charge in [-0.1, -0.05) is 38.0 Å². The fraction of sp³-hybridized carbons (Fsp3) is 0.387. The molecule has 0 saturated heterocycles. The molecule has 1 aliphatic rings. The minimum Gasteiger partial charge on any atom is -0.490 e. The molecule has 0 atom stereocenters. The number of carbonyl (C=O) groups is 1. The van der Waals surface area contributed by atoms with E-state index in [1.807, 2.05) is 6.92 Å². The van der Waals surface area contributed by atoms with E-state index in [2.05, 4.69) is 0 Å². The van der Waals surface area contributed by atoms with Gasteiger partial charge in [-0.15, -0.1) is 0 Å². The summed E-state index contributed by atoms with van der Waals surface area (Å²) in [4.78, 5) is 12.5. The third kappa shape index (κ3) is 6.13. The van der Waals surface area contributed by atoms with Gasteiger partial charge in [-0.05, 0) is 85.8 Å². The van der Waals surface area contributed by atoms with Crippen LogP contribution < -0.4 is 9.47 Å². The van der Waals surface area contributed by atoms with Gasteiger partial charge >= 0.3 is 5.97 Å². The maximum absolute atomic E-state index is 15.0. The standard InChI is InChI=1S/C31H30F6O3/c1-3-4-5-16-39-23-14-13-22(28(35)29(23)36)31(38)40-24-15-12-21(27(34)30(24)37)19-9-7-18(8-10-19)20-11-6-17(2)25(32)26(20)33/h6,11-15,18-19H,3-5,7-10,16H2,1-2H3. The molecule has 9 heteroatoms. The average Bonchev–Trinajstić information content (AvgIpc) is 2.95. The molecule has 214 valence electrons. The molecule has 0 N–H and O–H groups in total. The highest BCUT2D eigenvalue weighted by Gasteiger charge is 2.30. The van der Waals surface area contributed by atoms with Gasteiger partial charge in [-0.3, -0.25) is 0 Å². The summed E-state index contributed by atoms with van der Waals surface area (Å²) in [5, 5.41) is 0. The molecule has 1 fully saturated rings. The van der Waals surface area contributed by atoms with Crippen LogP contribution in [0.2, 0.25) is 0 Å². The zero-order chi connectivity index (χ0) is 29.0. The molecule has 0 unspecified atom stereocenters. The summed E-state index contributed by atoms with van der Waals surface area (Å²) in [5.74, 6) is -10.5. The molecule has 0 amide bonds. The van der Waals surface area contributed by atoms with Crippen molar-refractivity contribution in [2.24, 2.45) is 0 Å². The lowest BCUT2D eigenvalue weighted by Crippen LogP contribution is -2.16. The number of aryl methyl sites for hydroxylation is 1. The van der Waals surface area contributed by atoms with E-state index < -0.39 is 52.2 Å². The predicted molar refractivity (Wildman–Crippen MR) is 138 cm³/mol. The van der Waals surface area contributed by atoms with Gasteiger partial charge in [0.2, 0.25) is 11.6 Å². The molecule has 1 saturated carbocycles. The third-order valence-corrected chi connectivity index (χ3v) is 7.46. The molecule has 3 aromatic carbocycles. The monoisotopic (exact) mass is 564 g/mol. The second-order valence-corrected chi connectivity index (χ2v) is 10.1. The average molecular weight is 565 g/mol. The van der Waals surface area contributed by atoms with E-state index in [0.717, 1.165) is 31.0 Å². The van der Waals surface area contributed by atoms with E-state index >= 15 is 4.39 Å². The molecular formula is C31H30F6O3. The number of carbonyl (C=O) groups excluding carboxylic acids is 1. The molecule has 1 aliphatic carbocycles. The molecule has 40 heavy (non-hydrogen) atoms. The molecule has 0 aromatic heterocycles. The van der Waals surface area contributed by atoms with Gasteiger partial charge in [-0.2, -0.15) is 8.78 Å². The Morgan fingerprint density at radius 3 is 1.88 bits per heavy atom. The topological polar surface area (TPSA) is 35.5 Å². The maximum Gasteiger partial charge on any atom is 0.346 e. The lowest BCUT2D eigenvalue weighted by molar-refractivity contribution is 0.0720. The minimum atomic E-state index is -1.52. The third-order valence-electron chi connectivity index (χ3n) is 7.46. The van der Waals surface area contributed by atoms with Crippen LogP contribution in [0.15, 0.2) is 36.4 Å². The molecule has 0 radical (unpaired) electrons. The number of hydrogen-bond acceptors (Lipinski definition) is 3. The minimum absolute atomic E-state index is 0.0631. The van der Waals surface area contributed by atoms with Crippen LogP contribution in [0.4, 0.5) is 26.3 Å². The van der Waals surface area contributed by atoms with Crippen molar-refractivity contribution in [1.82, 2.24) is 0 Å². The number of ether oxygens (including phenoxy) is 2. The van der Waals surface area contributed by atoms with Crippen LogP contribution in [0.3, 0.4) is 0 Å². The zero-order valence-electron chi connectivity index (χ0n) is 22.3. The number of unbranched alkanes of at least 4 members (excludes halogenated alkanes) is 2. The fourth-order valence-corrected chi connectivity index (χ4v) is 5.12. The van der Waals surface area contributed by atoms with Crippen molar-refractivity contribution < 1.29 is 40.6 Å². The van der Waals surface area contributed by atoms with Crippen molar-refractivity contribution in [3.05, 3.63) is 93.6 Å². The van der Waals surface area contributed by atoms with Gasteiger partial charge in [0.15, 0.2) is 34.8 Å². The van der Waals surface area contributed by atoms with Crippen LogP contribution in [-0.2, 0) is 0 Å². The summed E-state index contributed by atoms with van der Waals surface area (Å²) in [6.45, 7) is 3.63. The van der Waals surface area contributed by atoms with E-state index in [9.17, 15) is 26.7 Å². The van der Waals surface area contributed by atoms with Gasteiger partial charge in [0.05, 0.1) is 12.2 Å². The Kier molecular flexibility index (Phi) is 9.43. The SMILES string of the molecule is CCCCCOc1ccc(C(=O)Oc2ccc(C3CCC(c4ccc(C)c(F)c4F)CC3)c(F)c2F)c(F)c1F. The molecule has 4 rings (SSSR count). The molecule has 3 nitrogen and oxygen atoms in total. The fourth-order valence-electron chi connectivity index (χ4n) is 5.12. The summed E-state index contributed by atoms with van der Waals surface area (Å²) >= 11 is 0. The van der Waals surface area contributed by atoms with Crippen molar-refractivity contribution in [3.63, 3.8) is 0 Å². The molecule has 0 bridgehead atoms. The highest BCUT2D eigenvalue weighted by Crippen LogP contribution is 2.43. The summed E-state index contributed by atoms with van der Waals surface area (Å²) in [6.07, 6.45) is 4.14. The van der Waals surface area contributed by atoms with Crippen LogP contribution >= 0.6 is 0 Å². The van der Waals surface area contributed by atoms with Crippen molar-refractivity contribution in [1.29, 1.82) is 0 Å². The molecule has 0 spiro atoms. The molecule has 0 heterocycles. The summed E-state index contributed by atoms with van der Waals surface area (Å²) in [5.41, 5.74) is -0.242. The van der Waals surface area contributed by atoms with Gasteiger partial charge in [0.1, 0.15) is 0 Å². The first kappa shape index (κ1) is 29.5. The Hall–Kier alpha value is -3.49. The largest absolute Gasteiger partial charge is 0.490 e. The predicted octanol–water partition coefficient (Wildman–Crippen LogP) is 9.06. The summed E-state index contributed by atoms with van der Waals surface area (Å²) in [7, 11) is 0. The second kappa shape index (κ2) is 12.8. The van der Waals surface area contributed by atoms with Gasteiger partial charge < -0.3 is 9.47 Å². The first-order valence-electron chi connectivity index (χ1n) is 13.4. The molecule has 3 aromatic rings.